The maximum absolute atomic E-state index is 12.8. The molecule has 1 aliphatic rings. The lowest BCUT2D eigenvalue weighted by molar-refractivity contribution is 0.136. The van der Waals surface area contributed by atoms with Crippen molar-refractivity contribution in [2.24, 2.45) is 4.99 Å². The fourth-order valence-corrected chi connectivity index (χ4v) is 3.12. The van der Waals surface area contributed by atoms with Crippen molar-refractivity contribution in [3.05, 3.63) is 48.3 Å². The van der Waals surface area contributed by atoms with Crippen LogP contribution in [0, 0.1) is 0 Å². The highest BCUT2D eigenvalue weighted by atomic mass is 16.3. The van der Waals surface area contributed by atoms with E-state index in [2.05, 4.69) is 23.2 Å². The monoisotopic (exact) mass is 356 g/mol. The molecule has 1 saturated heterocycles. The number of nitrogens with zero attached hydrogens (tertiary/aromatic N) is 4. The Kier molecular flexibility index (Phi) is 6.44. The zero-order valence-electron chi connectivity index (χ0n) is 15.9. The first-order chi connectivity index (χ1) is 12.3. The smallest absolute Gasteiger partial charge is 0.323 e. The van der Waals surface area contributed by atoms with Crippen LogP contribution in [0.2, 0.25) is 0 Å². The number of urea groups is 1. The summed E-state index contributed by atoms with van der Waals surface area (Å²) < 4.78 is 0. The van der Waals surface area contributed by atoms with E-state index < -0.39 is 0 Å². The summed E-state index contributed by atoms with van der Waals surface area (Å²) in [7, 11) is 3.56. The third-order valence-corrected chi connectivity index (χ3v) is 4.80. The molecule has 0 atom stereocenters. The van der Waals surface area contributed by atoms with Gasteiger partial charge in [-0.25, -0.2) is 4.79 Å². The summed E-state index contributed by atoms with van der Waals surface area (Å²) in [5.41, 5.74) is 2.44. The molecule has 2 rings (SSSR count). The molecule has 140 valence electrons. The molecule has 1 aliphatic heterocycles. The van der Waals surface area contributed by atoms with Gasteiger partial charge in [0.2, 0.25) is 0 Å². The third-order valence-electron chi connectivity index (χ3n) is 4.80. The maximum atomic E-state index is 12.8. The summed E-state index contributed by atoms with van der Waals surface area (Å²) in [5, 5.41) is 9.41. The Bertz CT molecular complexity index is 688. The van der Waals surface area contributed by atoms with Gasteiger partial charge in [0.05, 0.1) is 5.70 Å². The van der Waals surface area contributed by atoms with Gasteiger partial charge in [0, 0.05) is 50.7 Å². The molecule has 6 nitrogen and oxygen atoms in total. The minimum Gasteiger partial charge on any atom is -0.508 e. The Morgan fingerprint density at radius 1 is 1.27 bits per heavy atom. The van der Waals surface area contributed by atoms with E-state index in [0.717, 1.165) is 37.2 Å². The van der Waals surface area contributed by atoms with Crippen LogP contribution >= 0.6 is 0 Å². The SMILES string of the molecule is C=NC(=CN(C)C(=O)N(C)C1CCN(C(=C)C)CC1)c1ccc(O)cc1. The predicted molar refractivity (Wildman–Crippen MR) is 106 cm³/mol. The Balaban J connectivity index is 2.04. The van der Waals surface area contributed by atoms with E-state index >= 15 is 0 Å². The number of aliphatic imine (C=N–C) groups is 1. The van der Waals surface area contributed by atoms with Gasteiger partial charge in [0.25, 0.3) is 0 Å². The number of carbonyl (C=O) groups excluding carboxylic acids is 1. The topological polar surface area (TPSA) is 59.4 Å². The number of benzene rings is 1. The van der Waals surface area contributed by atoms with Gasteiger partial charge in [0.1, 0.15) is 5.75 Å². The van der Waals surface area contributed by atoms with Crippen molar-refractivity contribution in [1.29, 1.82) is 0 Å². The van der Waals surface area contributed by atoms with E-state index in [1.54, 1.807) is 42.4 Å². The van der Waals surface area contributed by atoms with E-state index in [1.807, 2.05) is 14.0 Å². The fourth-order valence-electron chi connectivity index (χ4n) is 3.12. The average Bonchev–Trinajstić information content (AvgIpc) is 2.65. The van der Waals surface area contributed by atoms with Crippen molar-refractivity contribution in [1.82, 2.24) is 14.7 Å². The van der Waals surface area contributed by atoms with Gasteiger partial charge < -0.3 is 19.8 Å². The first kappa shape index (κ1) is 19.6. The molecule has 1 aromatic carbocycles. The third kappa shape index (κ3) is 4.65. The normalized spacial score (nSPS) is 15.5. The molecule has 0 radical (unpaired) electrons. The summed E-state index contributed by atoms with van der Waals surface area (Å²) in [5.74, 6) is 0.183. The Hall–Kier alpha value is -2.76. The van der Waals surface area contributed by atoms with Gasteiger partial charge in [-0.1, -0.05) is 6.58 Å². The van der Waals surface area contributed by atoms with Crippen LogP contribution in [0.1, 0.15) is 25.3 Å². The molecule has 0 bridgehead atoms. The molecule has 0 saturated carbocycles. The summed E-state index contributed by atoms with van der Waals surface area (Å²) >= 11 is 0. The number of rotatable bonds is 5. The van der Waals surface area contributed by atoms with Crippen LogP contribution in [0.3, 0.4) is 0 Å². The standard InChI is InChI=1S/C20H28N4O2/c1-15(2)24-12-10-17(11-13-24)23(5)20(26)22(4)14-19(21-3)16-6-8-18(25)9-7-16/h6-9,14,17,25H,1,3,10-13H2,2,4-5H3. The predicted octanol–water partition coefficient (Wildman–Crippen LogP) is 3.37. The summed E-state index contributed by atoms with van der Waals surface area (Å²) in [6, 6.07) is 6.77. The number of carbonyl (C=O) groups is 1. The molecule has 26 heavy (non-hydrogen) atoms. The molecular formula is C20H28N4O2. The van der Waals surface area contributed by atoms with Gasteiger partial charge in [-0.15, -0.1) is 0 Å². The number of likely N-dealkylation sites (tertiary alicyclic amines) is 1. The summed E-state index contributed by atoms with van der Waals surface area (Å²) in [6.45, 7) is 11.4. The minimum atomic E-state index is -0.0845. The van der Waals surface area contributed by atoms with Crippen LogP contribution in [0.5, 0.6) is 5.75 Å². The number of phenols is 1. The highest BCUT2D eigenvalue weighted by Crippen LogP contribution is 2.21. The maximum Gasteiger partial charge on any atom is 0.323 e. The number of amides is 2. The lowest BCUT2D eigenvalue weighted by Gasteiger charge is -2.38. The number of hydrogen-bond acceptors (Lipinski definition) is 4. The molecule has 2 amide bonds. The molecular weight excluding hydrogens is 328 g/mol. The second kappa shape index (κ2) is 8.56. The zero-order valence-corrected chi connectivity index (χ0v) is 15.9. The Morgan fingerprint density at radius 2 is 1.85 bits per heavy atom. The van der Waals surface area contributed by atoms with Crippen LogP contribution in [-0.4, -0.2) is 65.8 Å². The number of allylic oxidation sites excluding steroid dienone is 1. The van der Waals surface area contributed by atoms with E-state index in [0.29, 0.717) is 5.70 Å². The number of aromatic hydroxyl groups is 1. The minimum absolute atomic E-state index is 0.0845. The molecule has 6 heteroatoms. The first-order valence-corrected chi connectivity index (χ1v) is 8.71. The van der Waals surface area contributed by atoms with Crippen molar-refractivity contribution >= 4 is 18.4 Å². The Morgan fingerprint density at radius 3 is 2.35 bits per heavy atom. The number of phenolic OH excluding ortho intramolecular Hbond substituents is 1. The fraction of sp³-hybridized carbons (Fsp3) is 0.400. The van der Waals surface area contributed by atoms with Gasteiger partial charge >= 0.3 is 6.03 Å². The highest BCUT2D eigenvalue weighted by Gasteiger charge is 2.26. The molecule has 0 spiro atoms. The lowest BCUT2D eigenvalue weighted by atomic mass is 10.0. The van der Waals surface area contributed by atoms with Crippen LogP contribution in [0.25, 0.3) is 5.70 Å². The van der Waals surface area contributed by atoms with Crippen molar-refractivity contribution in [3.8, 4) is 5.75 Å². The number of hydrogen-bond donors (Lipinski definition) is 1. The van der Waals surface area contributed by atoms with Gasteiger partial charge in [0.15, 0.2) is 0 Å². The van der Waals surface area contributed by atoms with Crippen LogP contribution in [-0.2, 0) is 0 Å². The molecule has 1 aromatic rings. The lowest BCUT2D eigenvalue weighted by Crippen LogP contribution is -2.47. The van der Waals surface area contributed by atoms with Gasteiger partial charge in [-0.2, -0.15) is 0 Å². The van der Waals surface area contributed by atoms with Crippen molar-refractivity contribution < 1.29 is 9.90 Å². The number of piperidine rings is 1. The van der Waals surface area contributed by atoms with Crippen molar-refractivity contribution in [3.63, 3.8) is 0 Å². The summed E-state index contributed by atoms with van der Waals surface area (Å²) in [6.07, 6.45) is 3.52. The molecule has 1 N–H and O–H groups in total. The largest absolute Gasteiger partial charge is 0.508 e. The van der Waals surface area contributed by atoms with E-state index in [9.17, 15) is 9.90 Å². The quantitative estimate of drug-likeness (QED) is 0.823. The van der Waals surface area contributed by atoms with Crippen LogP contribution in [0.4, 0.5) is 4.79 Å². The van der Waals surface area contributed by atoms with Crippen LogP contribution < -0.4 is 0 Å². The summed E-state index contributed by atoms with van der Waals surface area (Å²) in [4.78, 5) is 22.4. The first-order valence-electron chi connectivity index (χ1n) is 8.71. The molecule has 0 aromatic heterocycles. The zero-order chi connectivity index (χ0) is 19.3. The second-order valence-corrected chi connectivity index (χ2v) is 6.68. The van der Waals surface area contributed by atoms with Crippen molar-refractivity contribution in [2.75, 3.05) is 27.2 Å². The van der Waals surface area contributed by atoms with Crippen LogP contribution in [0.15, 0.2) is 47.7 Å². The average molecular weight is 356 g/mol. The van der Waals surface area contributed by atoms with Gasteiger partial charge in [-0.3, -0.25) is 4.99 Å². The van der Waals surface area contributed by atoms with E-state index in [-0.39, 0.29) is 17.8 Å². The van der Waals surface area contributed by atoms with E-state index in [1.165, 1.54) is 4.90 Å². The molecule has 0 aliphatic carbocycles. The van der Waals surface area contributed by atoms with Crippen molar-refractivity contribution in [2.45, 2.75) is 25.8 Å². The second-order valence-electron chi connectivity index (χ2n) is 6.68. The highest BCUT2D eigenvalue weighted by molar-refractivity contribution is 5.78. The van der Waals surface area contributed by atoms with Gasteiger partial charge in [-0.05, 0) is 50.7 Å². The van der Waals surface area contributed by atoms with E-state index in [4.69, 9.17) is 0 Å². The molecule has 0 unspecified atom stereocenters. The molecule has 1 fully saturated rings. The Labute approximate surface area is 155 Å². The molecule has 1 heterocycles.